The van der Waals surface area contributed by atoms with E-state index in [9.17, 15) is 0 Å². The van der Waals surface area contributed by atoms with Crippen LogP contribution in [0.15, 0.2) is 24.3 Å². The maximum Gasteiger partial charge on any atom is 0.106 e. The quantitative estimate of drug-likeness (QED) is 0.620. The van der Waals surface area contributed by atoms with Crippen LogP contribution in [0.5, 0.6) is 0 Å². The van der Waals surface area contributed by atoms with Crippen LogP contribution in [0.3, 0.4) is 0 Å². The SMILES string of the molecule is Cc1nc2ccccc2n1C.I.I. The molecular weight excluding hydrogens is 390 g/mol. The largest absolute Gasteiger partial charge is 0.331 e. The Morgan fingerprint density at radius 1 is 1.15 bits per heavy atom. The van der Waals surface area contributed by atoms with E-state index in [0.29, 0.717) is 0 Å². The summed E-state index contributed by atoms with van der Waals surface area (Å²) in [5, 5.41) is 0. The Morgan fingerprint density at radius 3 is 2.38 bits per heavy atom. The van der Waals surface area contributed by atoms with Crippen molar-refractivity contribution in [3.63, 3.8) is 0 Å². The van der Waals surface area contributed by atoms with Gasteiger partial charge >= 0.3 is 0 Å². The van der Waals surface area contributed by atoms with E-state index in [-0.39, 0.29) is 48.0 Å². The van der Waals surface area contributed by atoms with Crippen molar-refractivity contribution in [1.29, 1.82) is 0 Å². The summed E-state index contributed by atoms with van der Waals surface area (Å²) in [6, 6.07) is 8.15. The van der Waals surface area contributed by atoms with Crippen molar-refractivity contribution in [2.75, 3.05) is 0 Å². The van der Waals surface area contributed by atoms with Gasteiger partial charge in [0, 0.05) is 7.05 Å². The molecule has 0 amide bonds. The number of para-hydroxylation sites is 2. The van der Waals surface area contributed by atoms with Crippen molar-refractivity contribution < 1.29 is 0 Å². The molecule has 1 aromatic carbocycles. The number of hydrogen-bond donors (Lipinski definition) is 0. The van der Waals surface area contributed by atoms with Crippen molar-refractivity contribution in [3.05, 3.63) is 30.1 Å². The molecule has 4 heteroatoms. The van der Waals surface area contributed by atoms with Crippen LogP contribution in [-0.4, -0.2) is 9.55 Å². The first-order chi connectivity index (χ1) is 5.29. The molecule has 0 aliphatic heterocycles. The number of hydrogen-bond acceptors (Lipinski definition) is 1. The molecule has 2 rings (SSSR count). The average Bonchev–Trinajstić information content (AvgIpc) is 2.30. The smallest absolute Gasteiger partial charge is 0.106 e. The first kappa shape index (κ1) is 13.2. The van der Waals surface area contributed by atoms with Crippen LogP contribution in [0.1, 0.15) is 5.82 Å². The van der Waals surface area contributed by atoms with E-state index in [1.54, 1.807) is 0 Å². The predicted octanol–water partition coefficient (Wildman–Crippen LogP) is 3.12. The van der Waals surface area contributed by atoms with E-state index in [4.69, 9.17) is 0 Å². The molecule has 72 valence electrons. The molecule has 0 N–H and O–H groups in total. The molecule has 0 aliphatic rings. The fraction of sp³-hybridized carbons (Fsp3) is 0.222. The second-order valence-electron chi connectivity index (χ2n) is 2.71. The number of aromatic nitrogens is 2. The van der Waals surface area contributed by atoms with Gasteiger partial charge in [0.2, 0.25) is 0 Å². The minimum absolute atomic E-state index is 0. The Labute approximate surface area is 112 Å². The van der Waals surface area contributed by atoms with Gasteiger partial charge in [-0.2, -0.15) is 0 Å². The van der Waals surface area contributed by atoms with E-state index in [2.05, 4.69) is 15.6 Å². The third-order valence-electron chi connectivity index (χ3n) is 2.01. The van der Waals surface area contributed by atoms with Gasteiger partial charge in [-0.15, -0.1) is 48.0 Å². The zero-order chi connectivity index (χ0) is 7.84. The van der Waals surface area contributed by atoms with Crippen LogP contribution in [0.4, 0.5) is 0 Å². The molecule has 1 aromatic heterocycles. The highest BCUT2D eigenvalue weighted by atomic mass is 127. The summed E-state index contributed by atoms with van der Waals surface area (Å²) in [6.07, 6.45) is 0. The summed E-state index contributed by atoms with van der Waals surface area (Å²) in [5.41, 5.74) is 2.28. The normalized spacial score (nSPS) is 9.08. The van der Waals surface area contributed by atoms with Gasteiger partial charge in [0.25, 0.3) is 0 Å². The van der Waals surface area contributed by atoms with Gasteiger partial charge in [0.15, 0.2) is 0 Å². The molecule has 0 atom stereocenters. The molecule has 2 nitrogen and oxygen atoms in total. The predicted molar refractivity (Wildman–Crippen MR) is 76.3 cm³/mol. The fourth-order valence-corrected chi connectivity index (χ4v) is 1.27. The van der Waals surface area contributed by atoms with Gasteiger partial charge in [-0.1, -0.05) is 12.1 Å². The highest BCUT2D eigenvalue weighted by Gasteiger charge is 2.00. The van der Waals surface area contributed by atoms with E-state index < -0.39 is 0 Å². The molecule has 0 aliphatic carbocycles. The highest BCUT2D eigenvalue weighted by Crippen LogP contribution is 2.12. The van der Waals surface area contributed by atoms with E-state index in [1.165, 1.54) is 5.52 Å². The lowest BCUT2D eigenvalue weighted by molar-refractivity contribution is 0.886. The average molecular weight is 402 g/mol. The van der Waals surface area contributed by atoms with Crippen LogP contribution >= 0.6 is 48.0 Å². The lowest BCUT2D eigenvalue weighted by atomic mass is 10.3. The van der Waals surface area contributed by atoms with Crippen LogP contribution in [-0.2, 0) is 7.05 Å². The lowest BCUT2D eigenvalue weighted by Crippen LogP contribution is -1.89. The minimum Gasteiger partial charge on any atom is -0.331 e. The van der Waals surface area contributed by atoms with E-state index in [0.717, 1.165) is 11.3 Å². The van der Waals surface area contributed by atoms with Gasteiger partial charge in [0.1, 0.15) is 5.82 Å². The van der Waals surface area contributed by atoms with Crippen LogP contribution in [0.25, 0.3) is 11.0 Å². The highest BCUT2D eigenvalue weighted by molar-refractivity contribution is 14.0. The second kappa shape index (κ2) is 5.14. The summed E-state index contributed by atoms with van der Waals surface area (Å²) < 4.78 is 2.09. The topological polar surface area (TPSA) is 17.8 Å². The van der Waals surface area contributed by atoms with Crippen LogP contribution in [0, 0.1) is 6.92 Å². The zero-order valence-electron chi connectivity index (χ0n) is 7.52. The number of rotatable bonds is 0. The summed E-state index contributed by atoms with van der Waals surface area (Å²) in [4.78, 5) is 4.38. The Bertz CT molecular complexity index is 395. The Kier molecular flexibility index (Phi) is 5.19. The standard InChI is InChI=1S/C9H10N2.2HI/c1-7-10-8-5-3-4-6-9(8)11(7)2;;/h3-6H,1-2H3;2*1H. The number of aryl methyl sites for hydroxylation is 2. The Morgan fingerprint density at radius 2 is 1.77 bits per heavy atom. The monoisotopic (exact) mass is 402 g/mol. The van der Waals surface area contributed by atoms with E-state index >= 15 is 0 Å². The van der Waals surface area contributed by atoms with Crippen LogP contribution in [0.2, 0.25) is 0 Å². The molecular formula is C9H12I2N2. The van der Waals surface area contributed by atoms with Crippen molar-refractivity contribution >= 4 is 59.0 Å². The molecule has 0 spiro atoms. The van der Waals surface area contributed by atoms with Crippen molar-refractivity contribution in [2.45, 2.75) is 6.92 Å². The number of halogens is 2. The summed E-state index contributed by atoms with van der Waals surface area (Å²) in [6.45, 7) is 2.01. The fourth-order valence-electron chi connectivity index (χ4n) is 1.27. The third-order valence-corrected chi connectivity index (χ3v) is 2.01. The maximum absolute atomic E-state index is 4.38. The third kappa shape index (κ3) is 2.34. The van der Waals surface area contributed by atoms with Crippen molar-refractivity contribution in [1.82, 2.24) is 9.55 Å². The molecule has 13 heavy (non-hydrogen) atoms. The number of nitrogens with zero attached hydrogens (tertiary/aromatic N) is 2. The van der Waals surface area contributed by atoms with Crippen molar-refractivity contribution in [2.24, 2.45) is 7.05 Å². The van der Waals surface area contributed by atoms with Gasteiger partial charge < -0.3 is 4.57 Å². The molecule has 2 aromatic rings. The summed E-state index contributed by atoms with van der Waals surface area (Å²) >= 11 is 0. The number of benzene rings is 1. The number of imidazole rings is 1. The molecule has 0 saturated carbocycles. The first-order valence-corrected chi connectivity index (χ1v) is 3.67. The molecule has 0 radical (unpaired) electrons. The Hall–Kier alpha value is 0.150. The summed E-state index contributed by atoms with van der Waals surface area (Å²) in [5.74, 6) is 1.06. The van der Waals surface area contributed by atoms with Crippen LogP contribution < -0.4 is 0 Å². The molecule has 0 saturated heterocycles. The lowest BCUT2D eigenvalue weighted by Gasteiger charge is -1.93. The zero-order valence-corrected chi connectivity index (χ0v) is 12.2. The minimum atomic E-state index is 0. The van der Waals surface area contributed by atoms with E-state index in [1.807, 2.05) is 32.2 Å². The van der Waals surface area contributed by atoms with Gasteiger partial charge in [-0.3, -0.25) is 0 Å². The number of fused-ring (bicyclic) bond motifs is 1. The first-order valence-electron chi connectivity index (χ1n) is 3.67. The van der Waals surface area contributed by atoms with Gasteiger partial charge in [-0.25, -0.2) is 4.98 Å². The Balaban J connectivity index is 0.000000720. The molecule has 1 heterocycles. The van der Waals surface area contributed by atoms with Gasteiger partial charge in [0.05, 0.1) is 11.0 Å². The summed E-state index contributed by atoms with van der Waals surface area (Å²) in [7, 11) is 2.03. The molecule has 0 bridgehead atoms. The van der Waals surface area contributed by atoms with Crippen molar-refractivity contribution in [3.8, 4) is 0 Å². The second-order valence-corrected chi connectivity index (χ2v) is 2.71. The van der Waals surface area contributed by atoms with Gasteiger partial charge in [-0.05, 0) is 19.1 Å². The maximum atomic E-state index is 4.38. The molecule has 0 fully saturated rings. The molecule has 0 unspecified atom stereocenters.